The molecule has 0 atom stereocenters. The average molecular weight is 228 g/mol. The van der Waals surface area contributed by atoms with Crippen LogP contribution in [0.4, 0.5) is 0 Å². The predicted octanol–water partition coefficient (Wildman–Crippen LogP) is 2.64. The summed E-state index contributed by atoms with van der Waals surface area (Å²) in [6.45, 7) is 2.99. The standard InChI is InChI=1S/C11H18ClN3/c1-3-4-7-10-14-9(11(12)15-10)6-5-8-13-2/h5-6,13H,3-4,7-8H2,1-2H3,(H,14,15). The molecule has 4 heteroatoms. The Morgan fingerprint density at radius 3 is 3.00 bits per heavy atom. The molecule has 3 nitrogen and oxygen atoms in total. The summed E-state index contributed by atoms with van der Waals surface area (Å²) in [5, 5.41) is 3.66. The van der Waals surface area contributed by atoms with E-state index < -0.39 is 0 Å². The quantitative estimate of drug-likeness (QED) is 0.785. The maximum absolute atomic E-state index is 6.01. The molecule has 0 saturated heterocycles. The van der Waals surface area contributed by atoms with Crippen LogP contribution in [-0.2, 0) is 6.42 Å². The number of H-pyrrole nitrogens is 1. The number of nitrogens with zero attached hydrogens (tertiary/aromatic N) is 1. The van der Waals surface area contributed by atoms with Crippen LogP contribution in [-0.4, -0.2) is 23.6 Å². The molecule has 0 aliphatic heterocycles. The third-order valence-corrected chi connectivity index (χ3v) is 2.39. The molecule has 1 aromatic heterocycles. The highest BCUT2D eigenvalue weighted by molar-refractivity contribution is 6.30. The van der Waals surface area contributed by atoms with Crippen LogP contribution >= 0.6 is 11.6 Å². The number of halogens is 1. The predicted molar refractivity (Wildman–Crippen MR) is 65.2 cm³/mol. The van der Waals surface area contributed by atoms with Gasteiger partial charge in [0.2, 0.25) is 0 Å². The number of likely N-dealkylation sites (N-methyl/N-ethyl adjacent to an activating group) is 1. The van der Waals surface area contributed by atoms with Gasteiger partial charge in [-0.05, 0) is 19.5 Å². The fraction of sp³-hybridized carbons (Fsp3) is 0.545. The molecular weight excluding hydrogens is 210 g/mol. The second kappa shape index (κ2) is 6.64. The molecule has 0 spiro atoms. The number of aromatic amines is 1. The molecule has 1 heterocycles. The second-order valence-electron chi connectivity index (χ2n) is 3.45. The molecular formula is C11H18ClN3. The van der Waals surface area contributed by atoms with Crippen molar-refractivity contribution in [2.24, 2.45) is 0 Å². The maximum atomic E-state index is 6.01. The van der Waals surface area contributed by atoms with Crippen LogP contribution in [0.5, 0.6) is 0 Å². The van der Waals surface area contributed by atoms with Crippen molar-refractivity contribution in [3.05, 3.63) is 22.7 Å². The smallest absolute Gasteiger partial charge is 0.133 e. The maximum Gasteiger partial charge on any atom is 0.133 e. The lowest BCUT2D eigenvalue weighted by molar-refractivity contribution is 0.762. The Balaban J connectivity index is 2.60. The summed E-state index contributed by atoms with van der Waals surface area (Å²) in [6.07, 6.45) is 7.22. The minimum atomic E-state index is 0.633. The minimum absolute atomic E-state index is 0.633. The Bertz CT molecular complexity index is 318. The average Bonchev–Trinajstić information content (AvgIpc) is 2.57. The van der Waals surface area contributed by atoms with E-state index in [4.69, 9.17) is 11.6 Å². The first-order valence-electron chi connectivity index (χ1n) is 5.33. The van der Waals surface area contributed by atoms with Crippen molar-refractivity contribution in [1.29, 1.82) is 0 Å². The summed E-state index contributed by atoms with van der Waals surface area (Å²) in [5.74, 6) is 0.978. The first-order chi connectivity index (χ1) is 7.27. The highest BCUT2D eigenvalue weighted by atomic mass is 35.5. The summed E-state index contributed by atoms with van der Waals surface area (Å²) in [7, 11) is 1.91. The van der Waals surface area contributed by atoms with E-state index >= 15 is 0 Å². The largest absolute Gasteiger partial charge is 0.333 e. The van der Waals surface area contributed by atoms with Gasteiger partial charge in [-0.2, -0.15) is 0 Å². The summed E-state index contributed by atoms with van der Waals surface area (Å²) >= 11 is 6.01. The van der Waals surface area contributed by atoms with E-state index in [0.29, 0.717) is 5.15 Å². The molecule has 0 radical (unpaired) electrons. The Morgan fingerprint density at radius 2 is 2.33 bits per heavy atom. The van der Waals surface area contributed by atoms with Gasteiger partial charge in [0.25, 0.3) is 0 Å². The van der Waals surface area contributed by atoms with Crippen molar-refractivity contribution < 1.29 is 0 Å². The summed E-state index contributed by atoms with van der Waals surface area (Å²) in [4.78, 5) is 7.51. The molecule has 0 aromatic carbocycles. The SMILES string of the molecule is CCCCc1nc(C=CCNC)c(Cl)[nH]1. The molecule has 0 aliphatic carbocycles. The van der Waals surface area contributed by atoms with Crippen LogP contribution in [0, 0.1) is 0 Å². The van der Waals surface area contributed by atoms with Crippen molar-refractivity contribution in [2.45, 2.75) is 26.2 Å². The van der Waals surface area contributed by atoms with Crippen LogP contribution in [0.1, 0.15) is 31.3 Å². The Morgan fingerprint density at radius 1 is 1.53 bits per heavy atom. The van der Waals surface area contributed by atoms with Crippen LogP contribution in [0.3, 0.4) is 0 Å². The van der Waals surface area contributed by atoms with Gasteiger partial charge in [-0.25, -0.2) is 4.98 Å². The molecule has 15 heavy (non-hydrogen) atoms. The van der Waals surface area contributed by atoms with Gasteiger partial charge in [0.1, 0.15) is 16.7 Å². The van der Waals surface area contributed by atoms with Gasteiger partial charge in [0, 0.05) is 13.0 Å². The van der Waals surface area contributed by atoms with Crippen molar-refractivity contribution in [3.63, 3.8) is 0 Å². The fourth-order valence-corrected chi connectivity index (χ4v) is 1.49. The molecule has 0 aliphatic rings. The highest BCUT2D eigenvalue weighted by Crippen LogP contribution is 2.15. The zero-order chi connectivity index (χ0) is 11.1. The first kappa shape index (κ1) is 12.3. The molecule has 0 amide bonds. The van der Waals surface area contributed by atoms with Crippen molar-refractivity contribution >= 4 is 17.7 Å². The van der Waals surface area contributed by atoms with Gasteiger partial charge in [-0.1, -0.05) is 31.0 Å². The van der Waals surface area contributed by atoms with Crippen LogP contribution in [0.25, 0.3) is 6.08 Å². The molecule has 2 N–H and O–H groups in total. The van der Waals surface area contributed by atoms with Gasteiger partial charge in [0.15, 0.2) is 0 Å². The Labute approximate surface area is 95.9 Å². The van der Waals surface area contributed by atoms with Crippen molar-refractivity contribution in [1.82, 2.24) is 15.3 Å². The van der Waals surface area contributed by atoms with Gasteiger partial charge in [0.05, 0.1) is 0 Å². The number of unbranched alkanes of at least 4 members (excludes halogenated alkanes) is 1. The molecule has 0 unspecified atom stereocenters. The number of aryl methyl sites for hydroxylation is 1. The highest BCUT2D eigenvalue weighted by Gasteiger charge is 2.04. The monoisotopic (exact) mass is 227 g/mol. The molecule has 1 aromatic rings. The number of nitrogens with one attached hydrogen (secondary N) is 2. The van der Waals surface area contributed by atoms with Gasteiger partial charge in [-0.15, -0.1) is 0 Å². The van der Waals surface area contributed by atoms with Gasteiger partial charge >= 0.3 is 0 Å². The van der Waals surface area contributed by atoms with Crippen LogP contribution in [0.2, 0.25) is 5.15 Å². The van der Waals surface area contributed by atoms with E-state index in [-0.39, 0.29) is 0 Å². The normalized spacial score (nSPS) is 11.4. The zero-order valence-corrected chi connectivity index (χ0v) is 10.1. The van der Waals surface area contributed by atoms with E-state index in [1.54, 1.807) is 0 Å². The lowest BCUT2D eigenvalue weighted by Crippen LogP contribution is -2.03. The Hall–Kier alpha value is -0.800. The zero-order valence-electron chi connectivity index (χ0n) is 9.31. The lowest BCUT2D eigenvalue weighted by Gasteiger charge is -1.91. The fourth-order valence-electron chi connectivity index (χ4n) is 1.27. The molecule has 0 fully saturated rings. The van der Waals surface area contributed by atoms with Crippen molar-refractivity contribution in [2.75, 3.05) is 13.6 Å². The first-order valence-corrected chi connectivity index (χ1v) is 5.71. The van der Waals surface area contributed by atoms with E-state index in [1.807, 2.05) is 19.2 Å². The van der Waals surface area contributed by atoms with E-state index in [9.17, 15) is 0 Å². The molecule has 84 valence electrons. The number of aromatic nitrogens is 2. The Kier molecular flexibility index (Phi) is 5.43. The number of imidazole rings is 1. The van der Waals surface area contributed by atoms with Gasteiger partial charge in [-0.3, -0.25) is 0 Å². The lowest BCUT2D eigenvalue weighted by atomic mass is 10.2. The van der Waals surface area contributed by atoms with Crippen molar-refractivity contribution in [3.8, 4) is 0 Å². The van der Waals surface area contributed by atoms with Crippen LogP contribution in [0.15, 0.2) is 6.08 Å². The molecule has 0 bridgehead atoms. The number of hydrogen-bond acceptors (Lipinski definition) is 2. The molecule has 0 saturated carbocycles. The topological polar surface area (TPSA) is 40.7 Å². The summed E-state index contributed by atoms with van der Waals surface area (Å²) < 4.78 is 0. The number of rotatable bonds is 6. The summed E-state index contributed by atoms with van der Waals surface area (Å²) in [5.41, 5.74) is 0.831. The molecule has 1 rings (SSSR count). The van der Waals surface area contributed by atoms with E-state index in [1.165, 1.54) is 6.42 Å². The second-order valence-corrected chi connectivity index (χ2v) is 3.82. The van der Waals surface area contributed by atoms with Crippen LogP contribution < -0.4 is 5.32 Å². The van der Waals surface area contributed by atoms with Gasteiger partial charge < -0.3 is 10.3 Å². The van der Waals surface area contributed by atoms with E-state index in [0.717, 1.165) is 30.9 Å². The third-order valence-electron chi connectivity index (χ3n) is 2.10. The third kappa shape index (κ3) is 4.06. The van der Waals surface area contributed by atoms with E-state index in [2.05, 4.69) is 22.2 Å². The number of hydrogen-bond donors (Lipinski definition) is 2. The summed E-state index contributed by atoms with van der Waals surface area (Å²) in [6, 6.07) is 0. The minimum Gasteiger partial charge on any atom is -0.333 e.